The Morgan fingerprint density at radius 2 is 2.07 bits per heavy atom. The van der Waals surface area contributed by atoms with E-state index in [1.54, 1.807) is 6.08 Å². The zero-order chi connectivity index (χ0) is 20.8. The highest BCUT2D eigenvalue weighted by Gasteiger charge is 2.24. The SMILES string of the molecule is C=C/C=C(\N=C(N)C(C)CC)c1cc2n(c1)CCCN(Cc1ccccc1)C2=O. The molecule has 0 spiro atoms. The smallest absolute Gasteiger partial charge is 0.270 e. The number of benzene rings is 1. The van der Waals surface area contributed by atoms with Gasteiger partial charge in [-0.1, -0.05) is 56.8 Å². The fourth-order valence-electron chi connectivity index (χ4n) is 3.43. The van der Waals surface area contributed by atoms with Gasteiger partial charge in [-0.3, -0.25) is 4.79 Å². The number of amides is 1. The molecule has 1 unspecified atom stereocenters. The highest BCUT2D eigenvalue weighted by atomic mass is 16.2. The number of aryl methyl sites for hydroxylation is 1. The van der Waals surface area contributed by atoms with E-state index in [0.29, 0.717) is 18.1 Å². The van der Waals surface area contributed by atoms with Gasteiger partial charge in [0.2, 0.25) is 0 Å². The Kier molecular flexibility index (Phi) is 6.70. The number of nitrogens with zero attached hydrogens (tertiary/aromatic N) is 3. The molecule has 29 heavy (non-hydrogen) atoms. The van der Waals surface area contributed by atoms with Crippen LogP contribution >= 0.6 is 0 Å². The van der Waals surface area contributed by atoms with E-state index in [0.717, 1.165) is 42.8 Å². The number of rotatable bonds is 7. The monoisotopic (exact) mass is 390 g/mol. The van der Waals surface area contributed by atoms with Gasteiger partial charge in [0, 0.05) is 37.3 Å². The number of carbonyl (C=O) groups excluding carboxylic acids is 1. The van der Waals surface area contributed by atoms with Gasteiger partial charge in [-0.2, -0.15) is 0 Å². The summed E-state index contributed by atoms with van der Waals surface area (Å²) in [4.78, 5) is 19.8. The van der Waals surface area contributed by atoms with Gasteiger partial charge in [0.15, 0.2) is 0 Å². The van der Waals surface area contributed by atoms with Crippen LogP contribution in [-0.4, -0.2) is 27.8 Å². The second kappa shape index (κ2) is 9.41. The number of aromatic nitrogens is 1. The third kappa shape index (κ3) is 4.86. The normalized spacial score (nSPS) is 16.3. The molecule has 2 aromatic rings. The number of amidine groups is 1. The Hall–Kier alpha value is -3.08. The van der Waals surface area contributed by atoms with E-state index in [4.69, 9.17) is 5.73 Å². The molecule has 1 aromatic carbocycles. The summed E-state index contributed by atoms with van der Waals surface area (Å²) in [5.74, 6) is 0.847. The van der Waals surface area contributed by atoms with Crippen LogP contribution in [0.15, 0.2) is 66.3 Å². The molecule has 2 heterocycles. The van der Waals surface area contributed by atoms with Crippen molar-refractivity contribution in [3.8, 4) is 0 Å². The van der Waals surface area contributed by atoms with Crippen LogP contribution in [0.4, 0.5) is 0 Å². The molecule has 1 atom stereocenters. The average Bonchev–Trinajstić information content (AvgIpc) is 3.10. The third-order valence-electron chi connectivity index (χ3n) is 5.38. The standard InChI is InChI=1S/C24H30N4O/c1-4-10-21(26-23(25)18(3)5-2)20-15-22-24(29)28(14-9-13-27(22)17-20)16-19-11-7-6-8-12-19/h4,6-8,10-12,15,17-18H,1,5,9,13-14,16H2,2-3H3,(H2,25,26)/b21-10-. The van der Waals surface area contributed by atoms with Gasteiger partial charge in [0.05, 0.1) is 5.70 Å². The molecule has 3 rings (SSSR count). The zero-order valence-electron chi connectivity index (χ0n) is 17.3. The molecule has 0 radical (unpaired) electrons. The Bertz CT molecular complexity index is 924. The average molecular weight is 391 g/mol. The quantitative estimate of drug-likeness (QED) is 0.431. The molecular formula is C24H30N4O. The van der Waals surface area contributed by atoms with Gasteiger partial charge in [0.1, 0.15) is 11.5 Å². The second-order valence-corrected chi connectivity index (χ2v) is 7.51. The van der Waals surface area contributed by atoms with Gasteiger partial charge in [-0.15, -0.1) is 0 Å². The fraction of sp³-hybridized carbons (Fsp3) is 0.333. The summed E-state index contributed by atoms with van der Waals surface area (Å²) in [6.07, 6.45) is 7.39. The maximum Gasteiger partial charge on any atom is 0.270 e. The van der Waals surface area contributed by atoms with Crippen molar-refractivity contribution in [3.63, 3.8) is 0 Å². The van der Waals surface area contributed by atoms with E-state index in [1.165, 1.54) is 0 Å². The maximum absolute atomic E-state index is 13.2. The maximum atomic E-state index is 13.2. The van der Waals surface area contributed by atoms with E-state index in [2.05, 4.69) is 37.6 Å². The predicted octanol–water partition coefficient (Wildman–Crippen LogP) is 4.46. The number of nitrogens with two attached hydrogens (primary N) is 1. The number of aliphatic imine (C=N–C) groups is 1. The molecule has 0 bridgehead atoms. The lowest BCUT2D eigenvalue weighted by Gasteiger charge is -2.20. The van der Waals surface area contributed by atoms with Crippen molar-refractivity contribution in [2.45, 2.75) is 39.8 Å². The lowest BCUT2D eigenvalue weighted by Crippen LogP contribution is -2.30. The second-order valence-electron chi connectivity index (χ2n) is 7.51. The summed E-state index contributed by atoms with van der Waals surface area (Å²) in [6, 6.07) is 12.0. The molecular weight excluding hydrogens is 360 g/mol. The summed E-state index contributed by atoms with van der Waals surface area (Å²) in [7, 11) is 0. The van der Waals surface area contributed by atoms with Crippen molar-refractivity contribution in [1.82, 2.24) is 9.47 Å². The topological polar surface area (TPSA) is 63.6 Å². The largest absolute Gasteiger partial charge is 0.387 e. The Balaban J connectivity index is 1.90. The molecule has 152 valence electrons. The Morgan fingerprint density at radius 1 is 1.31 bits per heavy atom. The lowest BCUT2D eigenvalue weighted by molar-refractivity contribution is 0.0746. The summed E-state index contributed by atoms with van der Waals surface area (Å²) in [6.45, 7) is 10.1. The van der Waals surface area contributed by atoms with Crippen molar-refractivity contribution in [1.29, 1.82) is 0 Å². The van der Waals surface area contributed by atoms with Crippen LogP contribution in [0.25, 0.3) is 5.70 Å². The number of hydrogen-bond acceptors (Lipinski definition) is 2. The number of carbonyl (C=O) groups is 1. The Labute approximate surface area is 173 Å². The van der Waals surface area contributed by atoms with Crippen LogP contribution in [0.1, 0.15) is 48.3 Å². The van der Waals surface area contributed by atoms with Crippen LogP contribution < -0.4 is 5.73 Å². The predicted molar refractivity (Wildman–Crippen MR) is 119 cm³/mol. The minimum Gasteiger partial charge on any atom is -0.387 e. The third-order valence-corrected chi connectivity index (χ3v) is 5.38. The van der Waals surface area contributed by atoms with Crippen molar-refractivity contribution < 1.29 is 4.79 Å². The van der Waals surface area contributed by atoms with Crippen molar-refractivity contribution >= 4 is 17.4 Å². The molecule has 0 fully saturated rings. The van der Waals surface area contributed by atoms with Crippen LogP contribution in [0.2, 0.25) is 0 Å². The zero-order valence-corrected chi connectivity index (χ0v) is 17.3. The van der Waals surface area contributed by atoms with Crippen LogP contribution in [0.3, 0.4) is 0 Å². The molecule has 1 aliphatic rings. The summed E-state index contributed by atoms with van der Waals surface area (Å²) >= 11 is 0. The van der Waals surface area contributed by atoms with E-state index in [9.17, 15) is 4.79 Å². The highest BCUT2D eigenvalue weighted by Crippen LogP contribution is 2.24. The first-order valence-corrected chi connectivity index (χ1v) is 10.2. The fourth-order valence-corrected chi connectivity index (χ4v) is 3.43. The highest BCUT2D eigenvalue weighted by molar-refractivity contribution is 5.95. The lowest BCUT2D eigenvalue weighted by atomic mass is 10.1. The van der Waals surface area contributed by atoms with Crippen LogP contribution in [0.5, 0.6) is 0 Å². The minimum absolute atomic E-state index is 0.0504. The first kappa shape index (κ1) is 20.6. The molecule has 0 saturated carbocycles. The van der Waals surface area contributed by atoms with Crippen molar-refractivity contribution in [3.05, 3.63) is 78.1 Å². The number of allylic oxidation sites excluding steroid dienone is 2. The Morgan fingerprint density at radius 3 is 2.76 bits per heavy atom. The van der Waals surface area contributed by atoms with E-state index >= 15 is 0 Å². The molecule has 5 nitrogen and oxygen atoms in total. The van der Waals surface area contributed by atoms with Crippen LogP contribution in [0, 0.1) is 5.92 Å². The summed E-state index contributed by atoms with van der Waals surface area (Å²) < 4.78 is 2.04. The molecule has 0 saturated heterocycles. The van der Waals surface area contributed by atoms with E-state index in [-0.39, 0.29) is 11.8 Å². The van der Waals surface area contributed by atoms with Gasteiger partial charge >= 0.3 is 0 Å². The first-order valence-electron chi connectivity index (χ1n) is 10.2. The molecule has 1 aromatic heterocycles. The van der Waals surface area contributed by atoms with Gasteiger partial charge < -0.3 is 15.2 Å². The minimum atomic E-state index is 0.0504. The van der Waals surface area contributed by atoms with Crippen molar-refractivity contribution in [2.75, 3.05) is 6.54 Å². The first-order chi connectivity index (χ1) is 14.0. The molecule has 1 amide bonds. The molecule has 0 aliphatic carbocycles. The van der Waals surface area contributed by atoms with E-state index in [1.807, 2.05) is 46.0 Å². The number of hydrogen-bond donors (Lipinski definition) is 1. The van der Waals surface area contributed by atoms with Crippen molar-refractivity contribution in [2.24, 2.45) is 16.6 Å². The molecule has 5 heteroatoms. The molecule has 2 N–H and O–H groups in total. The summed E-state index contributed by atoms with van der Waals surface area (Å²) in [5.41, 5.74) is 9.63. The summed E-state index contributed by atoms with van der Waals surface area (Å²) in [5, 5.41) is 0. The van der Waals surface area contributed by atoms with Crippen LogP contribution in [-0.2, 0) is 13.1 Å². The molecule has 1 aliphatic heterocycles. The van der Waals surface area contributed by atoms with Gasteiger partial charge in [-0.25, -0.2) is 4.99 Å². The van der Waals surface area contributed by atoms with Gasteiger partial charge in [-0.05, 0) is 30.5 Å². The van der Waals surface area contributed by atoms with E-state index < -0.39 is 0 Å². The van der Waals surface area contributed by atoms with Gasteiger partial charge in [0.25, 0.3) is 5.91 Å². The number of fused-ring (bicyclic) bond motifs is 1.